The molecule has 0 aliphatic carbocycles. The molecule has 1 heterocycles. The summed E-state index contributed by atoms with van der Waals surface area (Å²) in [5.41, 5.74) is 1.35. The van der Waals surface area contributed by atoms with E-state index in [1.165, 1.54) is 0 Å². The highest BCUT2D eigenvalue weighted by Crippen LogP contribution is 2.16. The number of amidine groups is 1. The van der Waals surface area contributed by atoms with Crippen LogP contribution in [0.4, 0.5) is 0 Å². The molecule has 1 aliphatic rings. The van der Waals surface area contributed by atoms with Crippen LogP contribution < -0.4 is 10.1 Å². The van der Waals surface area contributed by atoms with E-state index in [1.54, 1.807) is 6.08 Å². The van der Waals surface area contributed by atoms with Crippen molar-refractivity contribution in [3.63, 3.8) is 0 Å². The van der Waals surface area contributed by atoms with Crippen LogP contribution in [0, 0.1) is 0 Å². The Hall–Kier alpha value is -2.40. The number of benzene rings is 2. The van der Waals surface area contributed by atoms with Crippen LogP contribution in [0.5, 0.6) is 5.75 Å². The Morgan fingerprint density at radius 3 is 2.57 bits per heavy atom. The molecule has 0 radical (unpaired) electrons. The lowest BCUT2D eigenvalue weighted by molar-refractivity contribution is -0.115. The quantitative estimate of drug-likeness (QED) is 0.814. The second-order valence-electron chi connectivity index (χ2n) is 5.01. The number of halogens is 1. The number of carbonyl (C=O) groups is 1. The molecule has 23 heavy (non-hydrogen) atoms. The zero-order valence-electron chi connectivity index (χ0n) is 12.3. The molecule has 0 spiro atoms. The van der Waals surface area contributed by atoms with E-state index in [2.05, 4.69) is 26.2 Å². The van der Waals surface area contributed by atoms with Crippen LogP contribution in [-0.4, -0.2) is 18.3 Å². The van der Waals surface area contributed by atoms with Gasteiger partial charge >= 0.3 is 0 Å². The van der Waals surface area contributed by atoms with E-state index >= 15 is 0 Å². The molecular weight excluding hydrogens is 356 g/mol. The summed E-state index contributed by atoms with van der Waals surface area (Å²) in [6, 6.07) is 17.3. The molecule has 0 atom stereocenters. The second-order valence-corrected chi connectivity index (χ2v) is 5.92. The summed E-state index contributed by atoms with van der Waals surface area (Å²) in [5, 5.41) is 2.78. The van der Waals surface area contributed by atoms with Gasteiger partial charge in [-0.2, -0.15) is 0 Å². The fourth-order valence-electron chi connectivity index (χ4n) is 2.13. The fraction of sp³-hybridized carbons (Fsp3) is 0.111. The molecule has 5 heteroatoms. The molecule has 3 rings (SSSR count). The molecule has 2 aromatic rings. The van der Waals surface area contributed by atoms with Crippen molar-refractivity contribution in [3.05, 3.63) is 70.3 Å². The van der Waals surface area contributed by atoms with Crippen LogP contribution in [0.3, 0.4) is 0 Å². The lowest BCUT2D eigenvalue weighted by Gasteiger charge is -2.05. The lowest BCUT2D eigenvalue weighted by Crippen LogP contribution is -2.25. The Morgan fingerprint density at radius 2 is 1.83 bits per heavy atom. The van der Waals surface area contributed by atoms with Crippen molar-refractivity contribution in [1.82, 2.24) is 5.32 Å². The maximum Gasteiger partial charge on any atom is 0.275 e. The van der Waals surface area contributed by atoms with Crippen LogP contribution in [0.1, 0.15) is 12.0 Å². The van der Waals surface area contributed by atoms with Gasteiger partial charge in [0.05, 0.1) is 6.61 Å². The Labute approximate surface area is 143 Å². The number of ether oxygens (including phenoxy) is 1. The number of hydrogen-bond donors (Lipinski definition) is 1. The first-order valence-electron chi connectivity index (χ1n) is 7.25. The lowest BCUT2D eigenvalue weighted by atomic mass is 10.2. The van der Waals surface area contributed by atoms with Gasteiger partial charge in [-0.25, -0.2) is 4.99 Å². The largest absolute Gasteiger partial charge is 0.493 e. The van der Waals surface area contributed by atoms with Crippen LogP contribution in [-0.2, 0) is 4.79 Å². The minimum absolute atomic E-state index is 0.178. The van der Waals surface area contributed by atoms with Gasteiger partial charge in [0.1, 0.15) is 17.3 Å². The summed E-state index contributed by atoms with van der Waals surface area (Å²) in [4.78, 5) is 16.3. The molecule has 0 fully saturated rings. The standard InChI is InChI=1S/C18H15BrN2O2/c19-14-8-6-13(7-9-14)12-16-18(22)21-17(20-16)10-11-23-15-4-2-1-3-5-15/h1-9,12H,10-11H2,(H,20,21,22)/b16-12+. The summed E-state index contributed by atoms with van der Waals surface area (Å²) >= 11 is 3.39. The first-order chi connectivity index (χ1) is 11.2. The zero-order valence-corrected chi connectivity index (χ0v) is 13.9. The van der Waals surface area contributed by atoms with Crippen molar-refractivity contribution >= 4 is 33.7 Å². The average Bonchev–Trinajstić information content (AvgIpc) is 2.90. The van der Waals surface area contributed by atoms with Crippen molar-refractivity contribution in [2.45, 2.75) is 6.42 Å². The number of amides is 1. The fourth-order valence-corrected chi connectivity index (χ4v) is 2.40. The Balaban J connectivity index is 1.61. The Morgan fingerprint density at radius 1 is 1.09 bits per heavy atom. The van der Waals surface area contributed by atoms with Gasteiger partial charge in [0.2, 0.25) is 0 Å². The van der Waals surface area contributed by atoms with E-state index in [1.807, 2.05) is 54.6 Å². The predicted molar refractivity (Wildman–Crippen MR) is 94.3 cm³/mol. The van der Waals surface area contributed by atoms with Gasteiger partial charge < -0.3 is 10.1 Å². The number of nitrogens with zero attached hydrogens (tertiary/aromatic N) is 1. The summed E-state index contributed by atoms with van der Waals surface area (Å²) in [7, 11) is 0. The van der Waals surface area contributed by atoms with Crippen molar-refractivity contribution in [2.75, 3.05) is 6.61 Å². The number of para-hydroxylation sites is 1. The molecule has 0 unspecified atom stereocenters. The normalized spacial score (nSPS) is 15.4. The summed E-state index contributed by atoms with van der Waals surface area (Å²) in [5.74, 6) is 1.26. The third kappa shape index (κ3) is 4.29. The Kier molecular flexibility index (Phi) is 4.88. The molecule has 2 aromatic carbocycles. The van der Waals surface area contributed by atoms with Crippen molar-refractivity contribution in [1.29, 1.82) is 0 Å². The monoisotopic (exact) mass is 370 g/mol. The second kappa shape index (κ2) is 7.24. The molecular formula is C18H15BrN2O2. The van der Waals surface area contributed by atoms with Crippen LogP contribution in [0.2, 0.25) is 0 Å². The summed E-state index contributed by atoms with van der Waals surface area (Å²) in [6.07, 6.45) is 2.32. The maximum absolute atomic E-state index is 11.9. The molecule has 0 saturated heterocycles. The van der Waals surface area contributed by atoms with Gasteiger partial charge in [-0.3, -0.25) is 4.79 Å². The highest BCUT2D eigenvalue weighted by Gasteiger charge is 2.19. The van der Waals surface area contributed by atoms with E-state index in [4.69, 9.17) is 4.74 Å². The zero-order chi connectivity index (χ0) is 16.1. The summed E-state index contributed by atoms with van der Waals surface area (Å²) < 4.78 is 6.61. The van der Waals surface area contributed by atoms with Crippen LogP contribution in [0.25, 0.3) is 6.08 Å². The van der Waals surface area contributed by atoms with Crippen molar-refractivity contribution in [2.24, 2.45) is 4.99 Å². The molecule has 0 bridgehead atoms. The van der Waals surface area contributed by atoms with Gasteiger partial charge in [-0.15, -0.1) is 0 Å². The minimum Gasteiger partial charge on any atom is -0.493 e. The van der Waals surface area contributed by atoms with Crippen LogP contribution in [0.15, 0.2) is 69.8 Å². The SMILES string of the molecule is O=C1NC(CCOc2ccccc2)=N/C1=C/c1ccc(Br)cc1. The molecule has 1 amide bonds. The van der Waals surface area contributed by atoms with Crippen molar-refractivity contribution < 1.29 is 9.53 Å². The molecule has 4 nitrogen and oxygen atoms in total. The first-order valence-corrected chi connectivity index (χ1v) is 8.04. The van der Waals surface area contributed by atoms with E-state index < -0.39 is 0 Å². The third-order valence-electron chi connectivity index (χ3n) is 3.27. The minimum atomic E-state index is -0.178. The molecule has 1 aliphatic heterocycles. The molecule has 116 valence electrons. The van der Waals surface area contributed by atoms with Gasteiger partial charge in [0.25, 0.3) is 5.91 Å². The number of nitrogens with one attached hydrogen (secondary N) is 1. The molecule has 0 aromatic heterocycles. The predicted octanol–water partition coefficient (Wildman–Crippen LogP) is 3.79. The highest BCUT2D eigenvalue weighted by molar-refractivity contribution is 9.10. The van der Waals surface area contributed by atoms with Crippen LogP contribution >= 0.6 is 15.9 Å². The number of rotatable bonds is 5. The number of carbonyl (C=O) groups excluding carboxylic acids is 1. The maximum atomic E-state index is 11.9. The van der Waals surface area contributed by atoms with Crippen molar-refractivity contribution in [3.8, 4) is 5.75 Å². The Bertz CT molecular complexity index is 752. The third-order valence-corrected chi connectivity index (χ3v) is 3.80. The smallest absolute Gasteiger partial charge is 0.275 e. The van der Waals surface area contributed by atoms with E-state index in [0.717, 1.165) is 15.8 Å². The van der Waals surface area contributed by atoms with E-state index in [9.17, 15) is 4.79 Å². The number of aliphatic imine (C=N–C) groups is 1. The molecule has 0 saturated carbocycles. The summed E-state index contributed by atoms with van der Waals surface area (Å²) in [6.45, 7) is 0.467. The van der Waals surface area contributed by atoms with Gasteiger partial charge in [0, 0.05) is 10.9 Å². The first kappa shape index (κ1) is 15.5. The average molecular weight is 371 g/mol. The van der Waals surface area contributed by atoms with Gasteiger partial charge in [-0.1, -0.05) is 46.3 Å². The van der Waals surface area contributed by atoms with E-state index in [0.29, 0.717) is 24.6 Å². The topological polar surface area (TPSA) is 50.7 Å². The van der Waals surface area contributed by atoms with Gasteiger partial charge in [0.15, 0.2) is 0 Å². The van der Waals surface area contributed by atoms with Gasteiger partial charge in [-0.05, 0) is 35.9 Å². The van der Waals surface area contributed by atoms with E-state index in [-0.39, 0.29) is 5.91 Å². The highest BCUT2D eigenvalue weighted by atomic mass is 79.9. The molecule has 1 N–H and O–H groups in total. The number of hydrogen-bond acceptors (Lipinski definition) is 3.